The molecule has 140 valence electrons. The quantitative estimate of drug-likeness (QED) is 0.808. The molecule has 0 radical (unpaired) electrons. The molecule has 0 bridgehead atoms. The molecule has 1 saturated heterocycles. The first kappa shape index (κ1) is 19.7. The molecule has 25 heavy (non-hydrogen) atoms. The second kappa shape index (κ2) is 9.75. The molecule has 1 aromatic carbocycles. The predicted octanol–water partition coefficient (Wildman–Crippen LogP) is 1.52. The molecule has 0 unspecified atom stereocenters. The summed E-state index contributed by atoms with van der Waals surface area (Å²) in [5, 5.41) is 9.31. The molecule has 1 fully saturated rings. The summed E-state index contributed by atoms with van der Waals surface area (Å²) < 4.78 is 11.0. The monoisotopic (exact) mass is 350 g/mol. The third kappa shape index (κ3) is 5.70. The van der Waals surface area contributed by atoms with Crippen LogP contribution in [0, 0.1) is 0 Å². The second-order valence-corrected chi connectivity index (χ2v) is 6.55. The Morgan fingerprint density at radius 2 is 2.04 bits per heavy atom. The van der Waals surface area contributed by atoms with Crippen LogP contribution in [0.2, 0.25) is 0 Å². The standard InChI is InChI=1S/C19H30N2O4/c1-15(13-22)20-8-5-9-21(11-10-20)19(23)16(2)25-14-17-6-4-7-18(12-17)24-3/h4,6-7,12,15-16,22H,5,8-11,13-14H2,1-3H3/t15-,16-/m0/s1. The van der Waals surface area contributed by atoms with E-state index in [-0.39, 0.29) is 18.6 Å². The van der Waals surface area contributed by atoms with Gasteiger partial charge in [0.1, 0.15) is 11.9 Å². The Morgan fingerprint density at radius 1 is 1.24 bits per heavy atom. The molecule has 2 atom stereocenters. The molecular formula is C19H30N2O4. The van der Waals surface area contributed by atoms with Crippen molar-refractivity contribution in [3.05, 3.63) is 29.8 Å². The van der Waals surface area contributed by atoms with Gasteiger partial charge in [0.05, 0.1) is 20.3 Å². The van der Waals surface area contributed by atoms with Gasteiger partial charge in [-0.3, -0.25) is 9.69 Å². The van der Waals surface area contributed by atoms with E-state index >= 15 is 0 Å². The van der Waals surface area contributed by atoms with Crippen LogP contribution >= 0.6 is 0 Å². The number of hydrogen-bond acceptors (Lipinski definition) is 5. The molecule has 0 saturated carbocycles. The van der Waals surface area contributed by atoms with Gasteiger partial charge in [-0.1, -0.05) is 12.1 Å². The van der Waals surface area contributed by atoms with E-state index in [0.717, 1.165) is 37.4 Å². The summed E-state index contributed by atoms with van der Waals surface area (Å²) in [6.45, 7) is 7.45. The summed E-state index contributed by atoms with van der Waals surface area (Å²) in [6, 6.07) is 7.80. The van der Waals surface area contributed by atoms with Crippen molar-refractivity contribution in [3.63, 3.8) is 0 Å². The lowest BCUT2D eigenvalue weighted by Crippen LogP contribution is -2.42. The van der Waals surface area contributed by atoms with Gasteiger partial charge in [-0.15, -0.1) is 0 Å². The summed E-state index contributed by atoms with van der Waals surface area (Å²) >= 11 is 0. The van der Waals surface area contributed by atoms with Gasteiger partial charge in [0.15, 0.2) is 0 Å². The highest BCUT2D eigenvalue weighted by Crippen LogP contribution is 2.15. The van der Waals surface area contributed by atoms with E-state index in [0.29, 0.717) is 13.2 Å². The van der Waals surface area contributed by atoms with Gasteiger partial charge in [0.25, 0.3) is 5.91 Å². The zero-order chi connectivity index (χ0) is 18.2. The Labute approximate surface area is 150 Å². The summed E-state index contributed by atoms with van der Waals surface area (Å²) in [4.78, 5) is 16.8. The van der Waals surface area contributed by atoms with Gasteiger partial charge in [-0.05, 0) is 38.0 Å². The van der Waals surface area contributed by atoms with Gasteiger partial charge in [-0.2, -0.15) is 0 Å². The van der Waals surface area contributed by atoms with Gasteiger partial charge in [-0.25, -0.2) is 0 Å². The minimum absolute atomic E-state index is 0.0291. The molecule has 1 aromatic rings. The van der Waals surface area contributed by atoms with E-state index in [9.17, 15) is 9.90 Å². The van der Waals surface area contributed by atoms with E-state index in [1.165, 1.54) is 0 Å². The lowest BCUT2D eigenvalue weighted by Gasteiger charge is -2.27. The number of rotatable bonds is 7. The number of nitrogens with zero attached hydrogens (tertiary/aromatic N) is 2. The third-order valence-electron chi connectivity index (χ3n) is 4.71. The van der Waals surface area contributed by atoms with E-state index in [1.54, 1.807) is 7.11 Å². The van der Waals surface area contributed by atoms with E-state index in [2.05, 4.69) is 4.90 Å². The topological polar surface area (TPSA) is 62.2 Å². The van der Waals surface area contributed by atoms with Crippen molar-refractivity contribution in [1.29, 1.82) is 0 Å². The largest absolute Gasteiger partial charge is 0.497 e. The molecule has 1 aliphatic heterocycles. The van der Waals surface area contributed by atoms with Crippen LogP contribution in [0.25, 0.3) is 0 Å². The average Bonchev–Trinajstić information content (AvgIpc) is 2.91. The van der Waals surface area contributed by atoms with Crippen LogP contribution in [-0.2, 0) is 16.1 Å². The molecule has 2 rings (SSSR count). The lowest BCUT2D eigenvalue weighted by atomic mass is 10.2. The molecule has 6 nitrogen and oxygen atoms in total. The molecule has 0 aliphatic carbocycles. The molecule has 0 spiro atoms. The van der Waals surface area contributed by atoms with Crippen LogP contribution in [0.15, 0.2) is 24.3 Å². The number of methoxy groups -OCH3 is 1. The van der Waals surface area contributed by atoms with Gasteiger partial charge in [0.2, 0.25) is 0 Å². The zero-order valence-corrected chi connectivity index (χ0v) is 15.5. The Morgan fingerprint density at radius 3 is 2.76 bits per heavy atom. The Hall–Kier alpha value is -1.63. The fourth-order valence-corrected chi connectivity index (χ4v) is 3.03. The normalized spacial score (nSPS) is 18.5. The predicted molar refractivity (Wildman–Crippen MR) is 96.6 cm³/mol. The fraction of sp³-hybridized carbons (Fsp3) is 0.632. The second-order valence-electron chi connectivity index (χ2n) is 6.55. The summed E-state index contributed by atoms with van der Waals surface area (Å²) in [6.07, 6.45) is 0.437. The molecule has 0 aromatic heterocycles. The van der Waals surface area contributed by atoms with Crippen molar-refractivity contribution in [2.75, 3.05) is 39.9 Å². The summed E-state index contributed by atoms with van der Waals surface area (Å²) in [5.74, 6) is 0.812. The van der Waals surface area contributed by atoms with Crippen molar-refractivity contribution in [3.8, 4) is 5.75 Å². The van der Waals surface area contributed by atoms with Crippen LogP contribution < -0.4 is 4.74 Å². The van der Waals surface area contributed by atoms with Crippen molar-refractivity contribution in [2.24, 2.45) is 0 Å². The number of benzene rings is 1. The maximum absolute atomic E-state index is 12.6. The molecule has 1 N–H and O–H groups in total. The zero-order valence-electron chi connectivity index (χ0n) is 15.5. The maximum atomic E-state index is 12.6. The van der Waals surface area contributed by atoms with Gasteiger partial charge >= 0.3 is 0 Å². The number of hydrogen-bond donors (Lipinski definition) is 1. The maximum Gasteiger partial charge on any atom is 0.251 e. The smallest absolute Gasteiger partial charge is 0.251 e. The fourth-order valence-electron chi connectivity index (χ4n) is 3.03. The third-order valence-corrected chi connectivity index (χ3v) is 4.71. The highest BCUT2D eigenvalue weighted by molar-refractivity contribution is 5.80. The SMILES string of the molecule is COc1cccc(CO[C@@H](C)C(=O)N2CCCN([C@@H](C)CO)CC2)c1. The number of aliphatic hydroxyl groups is 1. The van der Waals surface area contributed by atoms with Crippen molar-refractivity contribution < 1.29 is 19.4 Å². The minimum atomic E-state index is -0.479. The van der Waals surface area contributed by atoms with Crippen molar-refractivity contribution in [1.82, 2.24) is 9.80 Å². The molecule has 1 aliphatic rings. The Kier molecular flexibility index (Phi) is 7.68. The van der Waals surface area contributed by atoms with Crippen LogP contribution in [0.1, 0.15) is 25.8 Å². The Bertz CT molecular complexity index is 552. The van der Waals surface area contributed by atoms with E-state index in [4.69, 9.17) is 9.47 Å². The van der Waals surface area contributed by atoms with E-state index < -0.39 is 6.10 Å². The first-order valence-electron chi connectivity index (χ1n) is 8.93. The Balaban J connectivity index is 1.84. The van der Waals surface area contributed by atoms with Gasteiger partial charge < -0.3 is 19.5 Å². The van der Waals surface area contributed by atoms with E-state index in [1.807, 2.05) is 43.0 Å². The highest BCUT2D eigenvalue weighted by Gasteiger charge is 2.25. The molecular weight excluding hydrogens is 320 g/mol. The van der Waals surface area contributed by atoms with Gasteiger partial charge in [0, 0.05) is 32.2 Å². The van der Waals surface area contributed by atoms with Crippen LogP contribution in [0.5, 0.6) is 5.75 Å². The van der Waals surface area contributed by atoms with Crippen molar-refractivity contribution in [2.45, 2.75) is 39.0 Å². The summed E-state index contributed by atoms with van der Waals surface area (Å²) in [7, 11) is 1.63. The van der Waals surface area contributed by atoms with Crippen LogP contribution in [0.4, 0.5) is 0 Å². The number of amides is 1. The molecule has 1 amide bonds. The number of ether oxygens (including phenoxy) is 2. The number of aliphatic hydroxyl groups excluding tert-OH is 1. The molecule has 6 heteroatoms. The van der Waals surface area contributed by atoms with Crippen LogP contribution in [0.3, 0.4) is 0 Å². The first-order chi connectivity index (χ1) is 12.0. The number of carbonyl (C=O) groups is 1. The van der Waals surface area contributed by atoms with Crippen molar-refractivity contribution >= 4 is 5.91 Å². The first-order valence-corrected chi connectivity index (χ1v) is 8.93. The minimum Gasteiger partial charge on any atom is -0.497 e. The highest BCUT2D eigenvalue weighted by atomic mass is 16.5. The molecule has 1 heterocycles. The number of carbonyl (C=O) groups excluding carboxylic acids is 1. The lowest BCUT2D eigenvalue weighted by molar-refractivity contribution is -0.143. The summed E-state index contributed by atoms with van der Waals surface area (Å²) in [5.41, 5.74) is 0.984. The van der Waals surface area contributed by atoms with Crippen LogP contribution in [-0.4, -0.2) is 72.9 Å². The average molecular weight is 350 g/mol.